The van der Waals surface area contributed by atoms with Gasteiger partial charge in [0.05, 0.1) is 24.9 Å². The number of ether oxygens (including phenoxy) is 1. The Morgan fingerprint density at radius 2 is 1.76 bits per heavy atom. The third kappa shape index (κ3) is 5.27. The van der Waals surface area contributed by atoms with Crippen molar-refractivity contribution in [2.45, 2.75) is 12.5 Å². The summed E-state index contributed by atoms with van der Waals surface area (Å²) in [5.74, 6) is -0.592. The summed E-state index contributed by atoms with van der Waals surface area (Å²) in [5, 5.41) is 6.15. The van der Waals surface area contributed by atoms with Crippen LogP contribution in [0.2, 0.25) is 5.02 Å². The van der Waals surface area contributed by atoms with Crippen LogP contribution >= 0.6 is 11.6 Å². The molecule has 0 saturated carbocycles. The molecule has 1 aliphatic rings. The number of benzene rings is 3. The zero-order chi connectivity index (χ0) is 24.1. The smallest absolute Gasteiger partial charge is 0.251 e. The number of fused-ring (bicyclic) bond motifs is 1. The largest absolute Gasteiger partial charge is 0.497 e. The molecule has 0 radical (unpaired) electrons. The fourth-order valence-electron chi connectivity index (χ4n) is 3.63. The predicted octanol–water partition coefficient (Wildman–Crippen LogP) is 4.74. The number of hydrogen-bond donors (Lipinski definition) is 2. The molecule has 2 N–H and O–H groups in total. The number of carbonyl (C=O) groups excluding carboxylic acids is 3. The molecule has 1 aliphatic heterocycles. The number of nitrogens with one attached hydrogen (secondary N) is 2. The van der Waals surface area contributed by atoms with E-state index in [1.807, 2.05) is 0 Å². The molecule has 4 rings (SSSR count). The summed E-state index contributed by atoms with van der Waals surface area (Å²) in [6.45, 7) is 0. The van der Waals surface area contributed by atoms with Gasteiger partial charge < -0.3 is 15.4 Å². The molecule has 8 heteroatoms. The first kappa shape index (κ1) is 23.1. The highest BCUT2D eigenvalue weighted by atomic mass is 35.5. The molecule has 1 unspecified atom stereocenters. The normalized spacial score (nSPS) is 14.9. The van der Waals surface area contributed by atoms with Crippen LogP contribution in [-0.2, 0) is 14.4 Å². The highest BCUT2D eigenvalue weighted by molar-refractivity contribution is 6.30. The number of para-hydroxylation sites is 2. The van der Waals surface area contributed by atoms with E-state index in [4.69, 9.17) is 16.3 Å². The van der Waals surface area contributed by atoms with Gasteiger partial charge >= 0.3 is 0 Å². The predicted molar refractivity (Wildman–Crippen MR) is 133 cm³/mol. The Kier molecular flexibility index (Phi) is 6.94. The van der Waals surface area contributed by atoms with E-state index in [0.717, 1.165) is 5.56 Å². The quantitative estimate of drug-likeness (QED) is 0.504. The molecule has 0 fully saturated rings. The summed E-state index contributed by atoms with van der Waals surface area (Å²) in [5.41, 5.74) is 2.37. The van der Waals surface area contributed by atoms with Gasteiger partial charge in [0.15, 0.2) is 0 Å². The molecule has 3 aromatic rings. The first-order valence-electron chi connectivity index (χ1n) is 10.6. The van der Waals surface area contributed by atoms with Crippen molar-refractivity contribution in [1.29, 1.82) is 0 Å². The maximum atomic E-state index is 13.3. The number of anilines is 3. The van der Waals surface area contributed by atoms with Crippen LogP contribution < -0.4 is 20.3 Å². The van der Waals surface area contributed by atoms with Crippen LogP contribution in [0.4, 0.5) is 17.1 Å². The van der Waals surface area contributed by atoms with Crippen molar-refractivity contribution in [3.8, 4) is 5.75 Å². The zero-order valence-corrected chi connectivity index (χ0v) is 19.1. The third-order valence-electron chi connectivity index (χ3n) is 5.31. The van der Waals surface area contributed by atoms with E-state index in [1.54, 1.807) is 86.0 Å². The Morgan fingerprint density at radius 1 is 1.06 bits per heavy atom. The molecule has 172 valence electrons. The number of carbonyl (C=O) groups is 3. The molecule has 3 aromatic carbocycles. The fraction of sp³-hybridized carbons (Fsp3) is 0.115. The van der Waals surface area contributed by atoms with Gasteiger partial charge in [-0.3, -0.25) is 19.3 Å². The summed E-state index contributed by atoms with van der Waals surface area (Å²) in [4.78, 5) is 40.3. The third-order valence-corrected chi connectivity index (χ3v) is 5.57. The summed E-state index contributed by atoms with van der Waals surface area (Å²) in [6.07, 6.45) is 2.81. The van der Waals surface area contributed by atoms with E-state index >= 15 is 0 Å². The molecule has 1 heterocycles. The van der Waals surface area contributed by atoms with Crippen molar-refractivity contribution >= 4 is 52.5 Å². The van der Waals surface area contributed by atoms with Crippen molar-refractivity contribution in [2.24, 2.45) is 0 Å². The average molecular weight is 476 g/mol. The molecule has 0 aromatic heterocycles. The molecule has 0 aliphatic carbocycles. The lowest BCUT2D eigenvalue weighted by molar-refractivity contribution is -0.124. The Balaban J connectivity index is 1.57. The number of hydrogen-bond acceptors (Lipinski definition) is 4. The van der Waals surface area contributed by atoms with Gasteiger partial charge in [-0.15, -0.1) is 0 Å². The zero-order valence-electron chi connectivity index (χ0n) is 18.3. The number of methoxy groups -OCH3 is 1. The average Bonchev–Trinajstić information content (AvgIpc) is 2.84. The van der Waals surface area contributed by atoms with Gasteiger partial charge in [0.25, 0.3) is 5.91 Å². The summed E-state index contributed by atoms with van der Waals surface area (Å²) < 4.78 is 5.12. The minimum absolute atomic E-state index is 0.216. The van der Waals surface area contributed by atoms with E-state index in [2.05, 4.69) is 10.6 Å². The highest BCUT2D eigenvalue weighted by Gasteiger charge is 2.37. The molecule has 0 saturated heterocycles. The lowest BCUT2D eigenvalue weighted by atomic mass is 10.0. The minimum Gasteiger partial charge on any atom is -0.497 e. The van der Waals surface area contributed by atoms with Crippen LogP contribution in [0.15, 0.2) is 78.9 Å². The second-order valence-electron chi connectivity index (χ2n) is 7.60. The number of rotatable bonds is 6. The minimum atomic E-state index is -1.02. The summed E-state index contributed by atoms with van der Waals surface area (Å²) in [7, 11) is 1.56. The van der Waals surface area contributed by atoms with Gasteiger partial charge in [0, 0.05) is 16.8 Å². The molecule has 1 atom stereocenters. The van der Waals surface area contributed by atoms with Crippen molar-refractivity contribution < 1.29 is 19.1 Å². The van der Waals surface area contributed by atoms with Gasteiger partial charge in [0.2, 0.25) is 11.8 Å². The van der Waals surface area contributed by atoms with Crippen molar-refractivity contribution in [2.75, 3.05) is 22.6 Å². The first-order chi connectivity index (χ1) is 16.4. The van der Waals surface area contributed by atoms with Crippen LogP contribution in [0.1, 0.15) is 12.0 Å². The van der Waals surface area contributed by atoms with Crippen LogP contribution in [0, 0.1) is 0 Å². The lowest BCUT2D eigenvalue weighted by Crippen LogP contribution is -2.52. The van der Waals surface area contributed by atoms with Crippen LogP contribution in [0.5, 0.6) is 5.75 Å². The maximum absolute atomic E-state index is 13.3. The standard InChI is InChI=1S/C26H22ClN3O4/c1-34-20-13-11-19(12-14-20)28-24(31)16-23-26(33)29-21-4-2-3-5-22(21)30(23)25(32)15-8-17-6-9-18(27)10-7-17/h2-15,23H,16H2,1H3,(H,28,31)(H,29,33)/b15-8+. The Hall–Kier alpha value is -4.10. The second kappa shape index (κ2) is 10.2. The van der Waals surface area contributed by atoms with E-state index in [0.29, 0.717) is 27.8 Å². The first-order valence-corrected chi connectivity index (χ1v) is 10.9. The number of halogens is 1. The molecule has 7 nitrogen and oxygen atoms in total. The molecule has 0 bridgehead atoms. The van der Waals surface area contributed by atoms with Crippen LogP contribution in [-0.4, -0.2) is 30.9 Å². The summed E-state index contributed by atoms with van der Waals surface area (Å²) in [6, 6.07) is 19.8. The molecule has 3 amide bonds. The number of nitrogens with zero attached hydrogens (tertiary/aromatic N) is 1. The molecule has 0 spiro atoms. The van der Waals surface area contributed by atoms with Crippen molar-refractivity contribution in [1.82, 2.24) is 0 Å². The molecular weight excluding hydrogens is 454 g/mol. The van der Waals surface area contributed by atoms with Gasteiger partial charge in [0.1, 0.15) is 11.8 Å². The molecular formula is C26H22ClN3O4. The highest BCUT2D eigenvalue weighted by Crippen LogP contribution is 2.33. The number of amides is 3. The van der Waals surface area contributed by atoms with E-state index in [-0.39, 0.29) is 6.42 Å². The van der Waals surface area contributed by atoms with Crippen molar-refractivity contribution in [3.05, 3.63) is 89.5 Å². The van der Waals surface area contributed by atoms with Gasteiger partial charge in [-0.25, -0.2) is 0 Å². The monoisotopic (exact) mass is 475 g/mol. The second-order valence-corrected chi connectivity index (χ2v) is 8.03. The van der Waals surface area contributed by atoms with E-state index in [1.165, 1.54) is 11.0 Å². The summed E-state index contributed by atoms with van der Waals surface area (Å²) >= 11 is 5.92. The Bertz CT molecular complexity index is 1240. The Labute approximate surface area is 202 Å². The van der Waals surface area contributed by atoms with Gasteiger partial charge in [-0.1, -0.05) is 35.9 Å². The topological polar surface area (TPSA) is 87.7 Å². The SMILES string of the molecule is COc1ccc(NC(=O)CC2C(=O)Nc3ccccc3N2C(=O)/C=C/c2ccc(Cl)cc2)cc1. The molecule has 34 heavy (non-hydrogen) atoms. The van der Waals surface area contributed by atoms with Crippen LogP contribution in [0.3, 0.4) is 0 Å². The van der Waals surface area contributed by atoms with Crippen molar-refractivity contribution in [3.63, 3.8) is 0 Å². The maximum Gasteiger partial charge on any atom is 0.251 e. The van der Waals surface area contributed by atoms with Gasteiger partial charge in [-0.05, 0) is 60.2 Å². The lowest BCUT2D eigenvalue weighted by Gasteiger charge is -2.35. The van der Waals surface area contributed by atoms with E-state index in [9.17, 15) is 14.4 Å². The van der Waals surface area contributed by atoms with Gasteiger partial charge in [-0.2, -0.15) is 0 Å². The van der Waals surface area contributed by atoms with E-state index < -0.39 is 23.8 Å². The fourth-order valence-corrected chi connectivity index (χ4v) is 3.76. The Morgan fingerprint density at radius 3 is 2.47 bits per heavy atom. The van der Waals surface area contributed by atoms with Crippen LogP contribution in [0.25, 0.3) is 6.08 Å².